The molecule has 11 rings (SSSR count). The van der Waals surface area contributed by atoms with E-state index in [1.54, 1.807) is 6.92 Å². The van der Waals surface area contributed by atoms with Gasteiger partial charge in [0.25, 0.3) is 6.29 Å². The van der Waals surface area contributed by atoms with Crippen LogP contribution < -0.4 is 0 Å². The lowest BCUT2D eigenvalue weighted by Gasteiger charge is -2.71. The van der Waals surface area contributed by atoms with Crippen molar-refractivity contribution < 1.29 is 228 Å². The summed E-state index contributed by atoms with van der Waals surface area (Å²) in [6.07, 6.45) is -69.1. The Morgan fingerprint density at radius 3 is 1.73 bits per heavy atom. The predicted octanol–water partition coefficient (Wildman–Crippen LogP) is -4.90. The highest BCUT2D eigenvalue weighted by molar-refractivity contribution is 5.80. The predicted molar refractivity (Wildman–Crippen MR) is 422 cm³/mol. The van der Waals surface area contributed by atoms with Gasteiger partial charge in [0.2, 0.25) is 30.4 Å². The van der Waals surface area contributed by atoms with Gasteiger partial charge < -0.3 is 213 Å². The van der Waals surface area contributed by atoms with Gasteiger partial charge in [-0.25, -0.2) is 4.79 Å². The number of carboxylic acids is 1. The average molecular weight is 1860 g/mol. The molecule has 46 heteroatoms. The molecule has 37 unspecified atom stereocenters. The van der Waals surface area contributed by atoms with E-state index in [2.05, 4.69) is 6.92 Å². The van der Waals surface area contributed by atoms with Crippen LogP contribution in [0.25, 0.3) is 0 Å². The number of hydrogen-bond acceptors (Lipinski definition) is 45. The molecule has 46 nitrogen and oxygen atoms in total. The van der Waals surface area contributed by atoms with E-state index in [9.17, 15) is 147 Å². The summed E-state index contributed by atoms with van der Waals surface area (Å²) in [6.45, 7) is 15.2. The Morgan fingerprint density at radius 1 is 0.550 bits per heavy atom. The van der Waals surface area contributed by atoms with Gasteiger partial charge in [0.1, 0.15) is 134 Å². The van der Waals surface area contributed by atoms with Gasteiger partial charge in [-0.1, -0.05) is 53.2 Å². The fourth-order valence-corrected chi connectivity index (χ4v) is 21.7. The Kier molecular flexibility index (Phi) is 32.3. The molecule has 10 fully saturated rings. The highest BCUT2D eigenvalue weighted by atomic mass is 16.8. The number of carbonyl (C=O) groups is 4. The summed E-state index contributed by atoms with van der Waals surface area (Å²) >= 11 is 0. The number of carboxylic acid groups (broad SMARTS) is 1. The van der Waals surface area contributed by atoms with Gasteiger partial charge in [0.05, 0.1) is 49.1 Å². The molecule has 26 N–H and O–H groups in total. The Labute approximate surface area is 740 Å². The van der Waals surface area contributed by atoms with Crippen LogP contribution in [0.3, 0.4) is 0 Å². The van der Waals surface area contributed by atoms with Crippen molar-refractivity contribution >= 4 is 24.2 Å². The van der Waals surface area contributed by atoms with Crippen LogP contribution in [0.4, 0.5) is 0 Å². The summed E-state index contributed by atoms with van der Waals surface area (Å²) in [5.74, 6) is -17.2. The van der Waals surface area contributed by atoms with Crippen LogP contribution in [0.2, 0.25) is 0 Å². The van der Waals surface area contributed by atoms with E-state index in [0.717, 1.165) is 33.3 Å². The second-order valence-corrected chi connectivity index (χ2v) is 37.9. The molecule has 129 heavy (non-hydrogen) atoms. The number of allylic oxidation sites excluding steroid dienone is 2. The molecule has 5 aliphatic carbocycles. The number of aldehydes is 1. The first-order valence-corrected chi connectivity index (χ1v) is 43.2. The second-order valence-electron chi connectivity index (χ2n) is 37.9. The Hall–Kier alpha value is -5.48. The Bertz CT molecular complexity index is 4010. The minimum Gasteiger partial charge on any atom is -0.506 e. The summed E-state index contributed by atoms with van der Waals surface area (Å²) in [4.78, 5) is 57.5. The minimum absolute atomic E-state index is 0.0172. The molecule has 0 spiro atoms. The molecule has 0 aromatic rings. The maximum atomic E-state index is 16.6. The zero-order valence-corrected chi connectivity index (χ0v) is 73.3. The third-order valence-electron chi connectivity index (χ3n) is 29.1. The van der Waals surface area contributed by atoms with Crippen molar-refractivity contribution in [2.75, 3.05) is 26.4 Å². The molecule has 6 saturated heterocycles. The van der Waals surface area contributed by atoms with Crippen LogP contribution in [-0.2, 0) is 95.0 Å². The van der Waals surface area contributed by atoms with E-state index >= 15 is 4.79 Å². The van der Waals surface area contributed by atoms with Crippen LogP contribution in [-0.4, -0.2) is 404 Å². The van der Waals surface area contributed by atoms with Gasteiger partial charge in [-0.3, -0.25) is 9.59 Å². The third-order valence-corrected chi connectivity index (χ3v) is 29.1. The van der Waals surface area contributed by atoms with Gasteiger partial charge in [0, 0.05) is 20.0 Å². The second kappa shape index (κ2) is 40.1. The first-order chi connectivity index (χ1) is 60.1. The number of aliphatic carboxylic acids is 1. The SMILES string of the molecule is CC(=O)OC1C(C)OC(OC(=O)[C@]23CCC(C)(C)CC2C2=CCC4[C@@]5(C)CC[C@H](OC6OC(C(=O)O)C(O)C(OC7(O)COCC(O)C7O)C6OC6OC(CO)C(O)C(O)C6O)[C@@](C)(C=O)C5CC[C@@]4(C)[C@]2(C)C[C@H]3O)C(OC2OC(C)C(OC(O)/C(O)=C(/OC(O)/C(O)=C(\O)C(C)O)C(C)O)C(OC(O)/C(O)=C(/O)C(O)CCO)C2O)C1OC1OC(C)C(O)C(O)C1O. The zero-order valence-electron chi connectivity index (χ0n) is 73.3. The lowest BCUT2D eigenvalue weighted by molar-refractivity contribution is -0.408. The quantitative estimate of drug-likeness (QED) is 0.00800. The number of esters is 2. The van der Waals surface area contributed by atoms with E-state index in [-0.39, 0.29) is 57.3 Å². The third kappa shape index (κ3) is 19.6. The summed E-state index contributed by atoms with van der Waals surface area (Å²) in [5, 5.41) is 288. The average Bonchev–Trinajstić information content (AvgIpc) is 0.668. The molecule has 0 radical (unpaired) electrons. The fourth-order valence-electron chi connectivity index (χ4n) is 21.7. The van der Waals surface area contributed by atoms with Crippen molar-refractivity contribution in [3.05, 3.63) is 46.2 Å². The van der Waals surface area contributed by atoms with Crippen LogP contribution >= 0.6 is 0 Å². The number of rotatable bonds is 30. The standard InChI is InChI=1S/C83H130O46/c1-29(87)44(93)50(99)68(109)121-57(30(2)88)55(104)70(111)122-58-32(4)116-73(56(105)60(58)123-69(110)51(100)46(95)37(90)17-22-84)127-65-63(125-71-52(101)48(97)45(94)31(3)115-71)59(118-34(6)89)33(5)117-74(65)128-76(112)82-21-20-77(7,8)23-36(82)35-13-14-41-78(9)18-16-43(79(10,27-86)40(78)15-19-80(41,11)81(35,12)24-42(82)92)120-75-64(126-72-53(102)49(98)47(96)39(25-85)119-72)61(54(103)62(124-75)67(107)108)129-83(113)28-114-26-38(91)66(83)106/h13,27,29-33,36-43,45,47-49,52-54,56,58-66,68-75,84-85,87-88,90-106,109-111,113H,14-26,28H2,1-12H3,(H,107,108)/b50-44+,51-46-,57-55-/t29?,30?,31?,32?,33?,36?,37?,38?,39?,40?,41?,42-,43+,45?,47?,48?,49?,52?,53?,54?,56?,58?,59?,60?,61?,62?,63?,64?,65?,66?,68?,69?,70?,71?,72?,73?,74?,75?,78+,79+,80-,81-,82-,83?/m1/s1. The summed E-state index contributed by atoms with van der Waals surface area (Å²) in [5.41, 5.74) is -6.07. The number of hydrogen-bond donors (Lipinski definition) is 26. The van der Waals surface area contributed by atoms with E-state index in [1.165, 1.54) is 13.8 Å². The molecular formula is C83H130O46. The molecule has 44 atom stereocenters. The van der Waals surface area contributed by atoms with Crippen molar-refractivity contribution in [2.45, 2.75) is 368 Å². The summed E-state index contributed by atoms with van der Waals surface area (Å²) < 4.78 is 96.9. The van der Waals surface area contributed by atoms with Crippen LogP contribution in [0.5, 0.6) is 0 Å². The first-order valence-electron chi connectivity index (χ1n) is 43.2. The van der Waals surface area contributed by atoms with Crippen molar-refractivity contribution in [1.82, 2.24) is 0 Å². The van der Waals surface area contributed by atoms with Gasteiger partial charge in [-0.05, 0) is 132 Å². The van der Waals surface area contributed by atoms with Crippen molar-refractivity contribution in [1.29, 1.82) is 0 Å². The highest BCUT2D eigenvalue weighted by Crippen LogP contribution is 2.76. The van der Waals surface area contributed by atoms with Gasteiger partial charge in [-0.15, -0.1) is 0 Å². The molecule has 0 bridgehead atoms. The van der Waals surface area contributed by atoms with E-state index in [4.69, 9.17) is 75.8 Å². The number of ether oxygens (including phenoxy) is 16. The number of fused-ring (bicyclic) bond motifs is 7. The van der Waals surface area contributed by atoms with Gasteiger partial charge in [-0.2, -0.15) is 0 Å². The lowest BCUT2D eigenvalue weighted by Crippen LogP contribution is -2.70. The van der Waals surface area contributed by atoms with Crippen LogP contribution in [0, 0.1) is 50.2 Å². The molecule has 738 valence electrons. The van der Waals surface area contributed by atoms with E-state index in [0.29, 0.717) is 12.7 Å². The molecule has 6 aliphatic heterocycles. The zero-order chi connectivity index (χ0) is 95.8. The smallest absolute Gasteiger partial charge is 0.335 e. The first kappa shape index (κ1) is 104. The van der Waals surface area contributed by atoms with Crippen molar-refractivity contribution in [3.63, 3.8) is 0 Å². The number of aliphatic hydroxyl groups excluding tert-OH is 24. The van der Waals surface area contributed by atoms with Crippen molar-refractivity contribution in [3.8, 4) is 0 Å². The number of carbonyl (C=O) groups excluding carboxylic acids is 3. The maximum Gasteiger partial charge on any atom is 0.335 e. The molecule has 0 amide bonds. The normalized spacial score (nSPS) is 46.7. The molecule has 11 aliphatic rings. The van der Waals surface area contributed by atoms with Gasteiger partial charge >= 0.3 is 17.9 Å². The fraction of sp³-hybridized carbons (Fsp3) is 0.855. The van der Waals surface area contributed by atoms with E-state index < -0.39 is 351 Å². The molecule has 4 saturated carbocycles. The Morgan fingerprint density at radius 2 is 1.12 bits per heavy atom. The monoisotopic (exact) mass is 1860 g/mol. The van der Waals surface area contributed by atoms with Crippen LogP contribution in [0.15, 0.2) is 46.2 Å². The molecule has 6 heterocycles. The van der Waals surface area contributed by atoms with Crippen LogP contribution in [0.1, 0.15) is 147 Å². The van der Waals surface area contributed by atoms with Crippen molar-refractivity contribution in [2.24, 2.45) is 50.2 Å². The van der Waals surface area contributed by atoms with E-state index in [1.807, 2.05) is 33.8 Å². The molecular weight excluding hydrogens is 1730 g/mol. The minimum atomic E-state index is -2.94. The van der Waals surface area contributed by atoms with Gasteiger partial charge in [0.15, 0.2) is 72.3 Å². The topological polar surface area (TPSA) is 742 Å². The molecule has 0 aromatic heterocycles. The molecule has 0 aromatic carbocycles. The number of aliphatic hydroxyl groups is 25. The lowest BCUT2D eigenvalue weighted by atomic mass is 9.33. The Balaban J connectivity index is 0.943. The maximum absolute atomic E-state index is 16.6. The highest BCUT2D eigenvalue weighted by Gasteiger charge is 2.74. The largest absolute Gasteiger partial charge is 0.506 e. The summed E-state index contributed by atoms with van der Waals surface area (Å²) in [7, 11) is 0. The summed E-state index contributed by atoms with van der Waals surface area (Å²) in [6, 6.07) is 0.